The summed E-state index contributed by atoms with van der Waals surface area (Å²) in [7, 11) is 0. The first-order valence-electron chi connectivity index (χ1n) is 6.98. The molecule has 0 saturated heterocycles. The topological polar surface area (TPSA) is 113 Å². The Balaban J connectivity index is 2.02. The summed E-state index contributed by atoms with van der Waals surface area (Å²) in [5.74, 6) is 0.813. The predicted octanol–water partition coefficient (Wildman–Crippen LogP) is 1.76. The number of hydrogen-bond acceptors (Lipinski definition) is 6. The lowest BCUT2D eigenvalue weighted by molar-refractivity contribution is 0.771. The number of H-pyrrole nitrogens is 1. The highest BCUT2D eigenvalue weighted by Crippen LogP contribution is 2.21. The SMILES string of the molecule is N#CCCSc1nc(N)c2[nH]c(=O)n(Cc3ccccc3)c2n1. The van der Waals surface area contributed by atoms with Crippen molar-refractivity contribution in [3.63, 3.8) is 0 Å². The van der Waals surface area contributed by atoms with Gasteiger partial charge in [-0.2, -0.15) is 5.26 Å². The third kappa shape index (κ3) is 3.19. The fourth-order valence-electron chi connectivity index (χ4n) is 2.20. The Morgan fingerprint density at radius 3 is 2.83 bits per heavy atom. The summed E-state index contributed by atoms with van der Waals surface area (Å²) in [5.41, 5.74) is 7.56. The first-order valence-corrected chi connectivity index (χ1v) is 7.97. The molecule has 7 nitrogen and oxygen atoms in total. The van der Waals surface area contributed by atoms with Crippen LogP contribution < -0.4 is 11.4 Å². The third-order valence-electron chi connectivity index (χ3n) is 3.26. The Bertz CT molecular complexity index is 925. The van der Waals surface area contributed by atoms with E-state index in [-0.39, 0.29) is 11.5 Å². The van der Waals surface area contributed by atoms with Crippen molar-refractivity contribution in [3.05, 3.63) is 46.4 Å². The first-order chi connectivity index (χ1) is 11.2. The molecule has 0 saturated carbocycles. The van der Waals surface area contributed by atoms with Gasteiger partial charge in [-0.25, -0.2) is 14.8 Å². The zero-order valence-corrected chi connectivity index (χ0v) is 13.0. The number of benzene rings is 1. The van der Waals surface area contributed by atoms with E-state index in [4.69, 9.17) is 11.0 Å². The largest absolute Gasteiger partial charge is 0.382 e. The average molecular weight is 326 g/mol. The van der Waals surface area contributed by atoms with Crippen LogP contribution in [-0.4, -0.2) is 25.3 Å². The number of rotatable bonds is 5. The van der Waals surface area contributed by atoms with Crippen LogP contribution in [-0.2, 0) is 6.54 Å². The molecular formula is C15H14N6OS. The van der Waals surface area contributed by atoms with Crippen molar-refractivity contribution >= 4 is 28.7 Å². The van der Waals surface area contributed by atoms with Gasteiger partial charge in [-0.1, -0.05) is 42.1 Å². The van der Waals surface area contributed by atoms with Crippen LogP contribution in [0.5, 0.6) is 0 Å². The Labute approximate surface area is 136 Å². The van der Waals surface area contributed by atoms with Gasteiger partial charge in [-0.15, -0.1) is 0 Å². The molecule has 116 valence electrons. The number of fused-ring (bicyclic) bond motifs is 1. The highest BCUT2D eigenvalue weighted by atomic mass is 32.2. The van der Waals surface area contributed by atoms with E-state index in [2.05, 4.69) is 21.0 Å². The Morgan fingerprint density at radius 2 is 2.09 bits per heavy atom. The molecule has 0 unspecified atom stereocenters. The Morgan fingerprint density at radius 1 is 1.30 bits per heavy atom. The smallest absolute Gasteiger partial charge is 0.328 e. The molecule has 0 bridgehead atoms. The summed E-state index contributed by atoms with van der Waals surface area (Å²) in [4.78, 5) is 23.5. The van der Waals surface area contributed by atoms with Gasteiger partial charge in [0.25, 0.3) is 0 Å². The number of aromatic nitrogens is 4. The lowest BCUT2D eigenvalue weighted by atomic mass is 10.2. The monoisotopic (exact) mass is 326 g/mol. The maximum absolute atomic E-state index is 12.2. The molecule has 0 aliphatic carbocycles. The average Bonchev–Trinajstić information content (AvgIpc) is 2.86. The van der Waals surface area contributed by atoms with Gasteiger partial charge >= 0.3 is 5.69 Å². The zero-order chi connectivity index (χ0) is 16.2. The van der Waals surface area contributed by atoms with Gasteiger partial charge in [-0.3, -0.25) is 4.57 Å². The molecule has 0 radical (unpaired) electrons. The number of nitriles is 1. The molecule has 1 aromatic carbocycles. The van der Waals surface area contributed by atoms with Crippen LogP contribution in [0.1, 0.15) is 12.0 Å². The van der Waals surface area contributed by atoms with Gasteiger partial charge in [0.15, 0.2) is 16.6 Å². The maximum Gasteiger partial charge on any atom is 0.328 e. The molecule has 23 heavy (non-hydrogen) atoms. The standard InChI is InChI=1S/C15H14N6OS/c16-7-4-8-23-14-19-12(17)11-13(20-14)21(15(22)18-11)9-10-5-2-1-3-6-10/h1-3,5-6H,4,8-9H2,(H,18,22)(H2,17,19,20). The van der Waals surface area contributed by atoms with E-state index in [1.54, 1.807) is 0 Å². The maximum atomic E-state index is 12.2. The summed E-state index contributed by atoms with van der Waals surface area (Å²) in [6.45, 7) is 0.401. The van der Waals surface area contributed by atoms with Crippen molar-refractivity contribution in [3.8, 4) is 6.07 Å². The summed E-state index contributed by atoms with van der Waals surface area (Å²) in [6, 6.07) is 11.7. The number of imidazole rings is 1. The second-order valence-corrected chi connectivity index (χ2v) is 5.91. The van der Waals surface area contributed by atoms with Crippen molar-refractivity contribution < 1.29 is 0 Å². The molecule has 0 spiro atoms. The summed E-state index contributed by atoms with van der Waals surface area (Å²) < 4.78 is 1.54. The van der Waals surface area contributed by atoms with Gasteiger partial charge in [-0.05, 0) is 5.56 Å². The van der Waals surface area contributed by atoms with Crippen LogP contribution in [0.15, 0.2) is 40.3 Å². The number of hydrogen-bond donors (Lipinski definition) is 2. The molecule has 0 amide bonds. The summed E-state index contributed by atoms with van der Waals surface area (Å²) in [6.07, 6.45) is 0.399. The van der Waals surface area contributed by atoms with Crippen LogP contribution in [0.4, 0.5) is 5.82 Å². The summed E-state index contributed by atoms with van der Waals surface area (Å²) in [5, 5.41) is 9.07. The van der Waals surface area contributed by atoms with Gasteiger partial charge in [0.2, 0.25) is 0 Å². The zero-order valence-electron chi connectivity index (χ0n) is 12.2. The molecule has 0 fully saturated rings. The minimum absolute atomic E-state index is 0.235. The van der Waals surface area contributed by atoms with Crippen LogP contribution in [0.25, 0.3) is 11.2 Å². The van der Waals surface area contributed by atoms with Crippen molar-refractivity contribution in [1.82, 2.24) is 19.5 Å². The Hall–Kier alpha value is -2.79. The number of nitrogens with one attached hydrogen (secondary N) is 1. The minimum Gasteiger partial charge on any atom is -0.382 e. The van der Waals surface area contributed by atoms with Crippen LogP contribution in [0.2, 0.25) is 0 Å². The number of nitrogens with zero attached hydrogens (tertiary/aromatic N) is 4. The second-order valence-electron chi connectivity index (χ2n) is 4.85. The third-order valence-corrected chi connectivity index (χ3v) is 4.11. The highest BCUT2D eigenvalue weighted by Gasteiger charge is 2.14. The van der Waals surface area contributed by atoms with Crippen LogP contribution >= 0.6 is 11.8 Å². The van der Waals surface area contributed by atoms with Crippen molar-refractivity contribution in [2.45, 2.75) is 18.1 Å². The lowest BCUT2D eigenvalue weighted by Gasteiger charge is -2.05. The first kappa shape index (κ1) is 15.1. The lowest BCUT2D eigenvalue weighted by Crippen LogP contribution is -2.17. The predicted molar refractivity (Wildman–Crippen MR) is 89.1 cm³/mol. The molecule has 2 heterocycles. The molecule has 8 heteroatoms. The van der Waals surface area contributed by atoms with E-state index in [0.29, 0.717) is 35.0 Å². The number of nitrogen functional groups attached to an aromatic ring is 1. The van der Waals surface area contributed by atoms with E-state index in [0.717, 1.165) is 5.56 Å². The number of aromatic amines is 1. The second kappa shape index (κ2) is 6.54. The van der Waals surface area contributed by atoms with Gasteiger partial charge in [0.1, 0.15) is 5.52 Å². The fourth-order valence-corrected chi connectivity index (χ4v) is 2.89. The van der Waals surface area contributed by atoms with Crippen molar-refractivity contribution in [2.75, 3.05) is 11.5 Å². The minimum atomic E-state index is -0.274. The molecule has 3 aromatic rings. The molecule has 2 aromatic heterocycles. The molecule has 0 atom stereocenters. The number of nitrogens with two attached hydrogens (primary N) is 1. The van der Waals surface area contributed by atoms with Gasteiger partial charge in [0.05, 0.1) is 12.6 Å². The van der Waals surface area contributed by atoms with Crippen molar-refractivity contribution in [1.29, 1.82) is 5.26 Å². The molecule has 0 aliphatic heterocycles. The number of anilines is 1. The quantitative estimate of drug-likeness (QED) is 0.419. The van der Waals surface area contributed by atoms with E-state index in [1.807, 2.05) is 30.3 Å². The van der Waals surface area contributed by atoms with Crippen LogP contribution in [0.3, 0.4) is 0 Å². The number of thioether (sulfide) groups is 1. The van der Waals surface area contributed by atoms with E-state index < -0.39 is 0 Å². The van der Waals surface area contributed by atoms with Crippen LogP contribution in [0, 0.1) is 11.3 Å². The van der Waals surface area contributed by atoms with E-state index >= 15 is 0 Å². The Kier molecular flexibility index (Phi) is 4.30. The van der Waals surface area contributed by atoms with E-state index in [9.17, 15) is 4.79 Å². The molecule has 0 aliphatic rings. The summed E-state index contributed by atoms with van der Waals surface area (Å²) >= 11 is 1.34. The molecule has 3 N–H and O–H groups in total. The molecule has 3 rings (SSSR count). The van der Waals surface area contributed by atoms with Crippen molar-refractivity contribution in [2.24, 2.45) is 0 Å². The van der Waals surface area contributed by atoms with Gasteiger partial charge < -0.3 is 10.7 Å². The van der Waals surface area contributed by atoms with E-state index in [1.165, 1.54) is 16.3 Å². The highest BCUT2D eigenvalue weighted by molar-refractivity contribution is 7.99. The van der Waals surface area contributed by atoms with Gasteiger partial charge in [0, 0.05) is 12.2 Å². The molecular weight excluding hydrogens is 312 g/mol. The fraction of sp³-hybridized carbons (Fsp3) is 0.200. The normalized spacial score (nSPS) is 10.7.